The highest BCUT2D eigenvalue weighted by atomic mass is 16.5. The van der Waals surface area contributed by atoms with Crippen LogP contribution in [0, 0.1) is 6.92 Å². The molecule has 1 fully saturated rings. The van der Waals surface area contributed by atoms with E-state index in [4.69, 9.17) is 4.74 Å². The van der Waals surface area contributed by atoms with E-state index in [-0.39, 0.29) is 17.5 Å². The van der Waals surface area contributed by atoms with Crippen LogP contribution in [0.15, 0.2) is 23.0 Å². The van der Waals surface area contributed by atoms with Crippen LogP contribution in [0.5, 0.6) is 0 Å². The number of nitrogens with zero attached hydrogens (tertiary/aromatic N) is 2. The van der Waals surface area contributed by atoms with Crippen LogP contribution in [0.4, 0.5) is 0 Å². The fourth-order valence-corrected chi connectivity index (χ4v) is 3.66. The highest BCUT2D eigenvalue weighted by Gasteiger charge is 2.23. The largest absolute Gasteiger partial charge is 0.449 e. The number of aryl methyl sites for hydroxylation is 2. The molecule has 0 aliphatic heterocycles. The maximum Gasteiger partial charge on any atom is 0.338 e. The van der Waals surface area contributed by atoms with Gasteiger partial charge in [-0.1, -0.05) is 19.3 Å². The second-order valence-corrected chi connectivity index (χ2v) is 7.34. The molecule has 1 aromatic carbocycles. The number of aromatic nitrogens is 2. The molecule has 150 valence electrons. The Bertz CT molecular complexity index is 945. The first kappa shape index (κ1) is 20.0. The van der Waals surface area contributed by atoms with E-state index in [9.17, 15) is 14.4 Å². The number of rotatable bonds is 5. The Morgan fingerprint density at radius 2 is 2.00 bits per heavy atom. The zero-order chi connectivity index (χ0) is 20.3. The van der Waals surface area contributed by atoms with E-state index in [0.29, 0.717) is 28.8 Å². The second kappa shape index (κ2) is 8.54. The van der Waals surface area contributed by atoms with Gasteiger partial charge in [-0.15, -0.1) is 0 Å². The number of nitrogens with one attached hydrogen (secondary N) is 1. The summed E-state index contributed by atoms with van der Waals surface area (Å²) in [6.07, 6.45) is 4.52. The van der Waals surface area contributed by atoms with Gasteiger partial charge in [-0.2, -0.15) is 0 Å². The van der Waals surface area contributed by atoms with Crippen LogP contribution >= 0.6 is 0 Å². The van der Waals surface area contributed by atoms with Gasteiger partial charge in [0.15, 0.2) is 6.10 Å². The molecule has 0 radical (unpaired) electrons. The normalized spacial score (nSPS) is 16.0. The number of esters is 1. The molecule has 1 heterocycles. The second-order valence-electron chi connectivity index (χ2n) is 7.34. The van der Waals surface area contributed by atoms with Crippen molar-refractivity contribution in [3.05, 3.63) is 39.8 Å². The minimum absolute atomic E-state index is 0.140. The van der Waals surface area contributed by atoms with Crippen LogP contribution in [-0.4, -0.2) is 33.6 Å². The quantitative estimate of drug-likeness (QED) is 0.799. The Hall–Kier alpha value is -2.70. The van der Waals surface area contributed by atoms with Crippen molar-refractivity contribution in [1.82, 2.24) is 14.9 Å². The summed E-state index contributed by atoms with van der Waals surface area (Å²) in [5, 5.41) is 2.97. The summed E-state index contributed by atoms with van der Waals surface area (Å²) in [4.78, 5) is 41.3. The number of carbonyl (C=O) groups excluding carboxylic acids is 2. The van der Waals surface area contributed by atoms with E-state index < -0.39 is 12.1 Å². The molecular weight excluding hydrogens is 358 g/mol. The highest BCUT2D eigenvalue weighted by Crippen LogP contribution is 2.18. The average Bonchev–Trinajstić information content (AvgIpc) is 2.69. The predicted octanol–water partition coefficient (Wildman–Crippen LogP) is 2.72. The summed E-state index contributed by atoms with van der Waals surface area (Å²) >= 11 is 0. The molecule has 0 saturated heterocycles. The summed E-state index contributed by atoms with van der Waals surface area (Å²) in [5.41, 5.74) is 1.75. The molecule has 1 aliphatic carbocycles. The third-order valence-electron chi connectivity index (χ3n) is 5.27. The van der Waals surface area contributed by atoms with Gasteiger partial charge in [-0.3, -0.25) is 9.59 Å². The SMILES string of the molecule is CCn1c(=O)c(C)nc2cc(C(=O)O[C@@H](C)C(=O)NC3CCCCC3)ccc21. The van der Waals surface area contributed by atoms with Gasteiger partial charge in [0, 0.05) is 12.6 Å². The summed E-state index contributed by atoms with van der Waals surface area (Å²) in [6.45, 7) is 5.63. The topological polar surface area (TPSA) is 90.3 Å². The van der Waals surface area contributed by atoms with Gasteiger partial charge in [0.05, 0.1) is 16.6 Å². The smallest absolute Gasteiger partial charge is 0.338 e. The van der Waals surface area contributed by atoms with E-state index in [1.54, 1.807) is 36.6 Å². The molecule has 1 aromatic heterocycles. The zero-order valence-electron chi connectivity index (χ0n) is 16.7. The van der Waals surface area contributed by atoms with Crippen molar-refractivity contribution in [2.24, 2.45) is 0 Å². The minimum Gasteiger partial charge on any atom is -0.449 e. The highest BCUT2D eigenvalue weighted by molar-refractivity contribution is 5.95. The van der Waals surface area contributed by atoms with Crippen molar-refractivity contribution in [3.8, 4) is 0 Å². The van der Waals surface area contributed by atoms with Gasteiger partial charge in [-0.25, -0.2) is 9.78 Å². The molecule has 7 heteroatoms. The molecule has 28 heavy (non-hydrogen) atoms. The monoisotopic (exact) mass is 385 g/mol. The van der Waals surface area contributed by atoms with Gasteiger partial charge >= 0.3 is 5.97 Å². The summed E-state index contributed by atoms with van der Waals surface area (Å²) in [5.74, 6) is -0.850. The Labute approximate surface area is 164 Å². The number of hydrogen-bond acceptors (Lipinski definition) is 5. The average molecular weight is 385 g/mol. The lowest BCUT2D eigenvalue weighted by molar-refractivity contribution is -0.130. The molecule has 2 aromatic rings. The van der Waals surface area contributed by atoms with Gasteiger partial charge in [0.2, 0.25) is 0 Å². The van der Waals surface area contributed by atoms with Gasteiger partial charge in [-0.05, 0) is 51.8 Å². The Morgan fingerprint density at radius 1 is 1.29 bits per heavy atom. The maximum absolute atomic E-state index is 12.5. The summed E-state index contributed by atoms with van der Waals surface area (Å²) < 4.78 is 6.97. The number of carbonyl (C=O) groups is 2. The molecule has 1 saturated carbocycles. The van der Waals surface area contributed by atoms with Crippen LogP contribution in [0.1, 0.15) is 62.0 Å². The molecule has 1 atom stereocenters. The van der Waals surface area contributed by atoms with Crippen LogP contribution in [0.2, 0.25) is 0 Å². The number of amides is 1. The Balaban J connectivity index is 1.73. The molecular formula is C21H27N3O4. The van der Waals surface area contributed by atoms with Crippen LogP contribution in [0.3, 0.4) is 0 Å². The number of ether oxygens (including phenoxy) is 1. The van der Waals surface area contributed by atoms with Gasteiger partial charge in [0.1, 0.15) is 5.69 Å². The van der Waals surface area contributed by atoms with Crippen LogP contribution in [0.25, 0.3) is 11.0 Å². The van der Waals surface area contributed by atoms with Crippen molar-refractivity contribution in [1.29, 1.82) is 0 Å². The van der Waals surface area contributed by atoms with Gasteiger partial charge in [0.25, 0.3) is 11.5 Å². The first-order valence-corrected chi connectivity index (χ1v) is 9.93. The fourth-order valence-electron chi connectivity index (χ4n) is 3.66. The molecule has 0 unspecified atom stereocenters. The van der Waals surface area contributed by atoms with E-state index in [0.717, 1.165) is 25.7 Å². The minimum atomic E-state index is -0.871. The lowest BCUT2D eigenvalue weighted by atomic mass is 9.95. The van der Waals surface area contributed by atoms with E-state index in [2.05, 4.69) is 10.3 Å². The molecule has 3 rings (SSSR count). The zero-order valence-corrected chi connectivity index (χ0v) is 16.7. The number of fused-ring (bicyclic) bond motifs is 1. The Kier molecular flexibility index (Phi) is 6.11. The van der Waals surface area contributed by atoms with Crippen molar-refractivity contribution in [2.45, 2.75) is 71.6 Å². The van der Waals surface area contributed by atoms with E-state index in [1.165, 1.54) is 6.42 Å². The molecule has 1 amide bonds. The van der Waals surface area contributed by atoms with Crippen molar-refractivity contribution >= 4 is 22.9 Å². The fraction of sp³-hybridized carbons (Fsp3) is 0.524. The maximum atomic E-state index is 12.5. The molecule has 1 aliphatic rings. The first-order chi connectivity index (χ1) is 13.4. The lowest BCUT2D eigenvalue weighted by Crippen LogP contribution is -2.42. The third kappa shape index (κ3) is 4.24. The van der Waals surface area contributed by atoms with Crippen LogP contribution < -0.4 is 10.9 Å². The molecule has 1 N–H and O–H groups in total. The van der Waals surface area contributed by atoms with Crippen molar-refractivity contribution in [3.63, 3.8) is 0 Å². The van der Waals surface area contributed by atoms with Crippen molar-refractivity contribution in [2.75, 3.05) is 0 Å². The third-order valence-corrected chi connectivity index (χ3v) is 5.27. The first-order valence-electron chi connectivity index (χ1n) is 9.93. The predicted molar refractivity (Wildman–Crippen MR) is 106 cm³/mol. The molecule has 0 spiro atoms. The standard InChI is InChI=1S/C21H27N3O4/c1-4-24-18-11-10-15(12-17(18)22-13(2)20(24)26)21(27)28-14(3)19(25)23-16-8-6-5-7-9-16/h10-12,14,16H,4-9H2,1-3H3,(H,23,25)/t14-/m0/s1. The van der Waals surface area contributed by atoms with Crippen LogP contribution in [-0.2, 0) is 16.1 Å². The summed E-state index contributed by atoms with van der Waals surface area (Å²) in [6, 6.07) is 5.05. The van der Waals surface area contributed by atoms with E-state index >= 15 is 0 Å². The lowest BCUT2D eigenvalue weighted by Gasteiger charge is -2.24. The van der Waals surface area contributed by atoms with E-state index in [1.807, 2.05) is 6.92 Å². The Morgan fingerprint density at radius 3 is 2.68 bits per heavy atom. The molecule has 7 nitrogen and oxygen atoms in total. The molecule has 0 bridgehead atoms. The number of hydrogen-bond donors (Lipinski definition) is 1. The number of benzene rings is 1. The van der Waals surface area contributed by atoms with Crippen molar-refractivity contribution < 1.29 is 14.3 Å². The summed E-state index contributed by atoms with van der Waals surface area (Å²) in [7, 11) is 0. The van der Waals surface area contributed by atoms with Gasteiger partial charge < -0.3 is 14.6 Å².